The van der Waals surface area contributed by atoms with Gasteiger partial charge in [-0.2, -0.15) is 9.97 Å². The van der Waals surface area contributed by atoms with Crippen molar-refractivity contribution in [3.8, 4) is 11.8 Å². The number of methoxy groups -OCH3 is 2. The maximum absolute atomic E-state index is 11.9. The molecule has 1 heterocycles. The molecule has 2 amide bonds. The molecule has 2 N–H and O–H groups in total. The summed E-state index contributed by atoms with van der Waals surface area (Å²) in [5.41, 5.74) is 1.73. The van der Waals surface area contributed by atoms with Crippen LogP contribution in [0.1, 0.15) is 5.56 Å². The molecule has 0 saturated carbocycles. The Morgan fingerprint density at radius 1 is 1.05 bits per heavy atom. The van der Waals surface area contributed by atoms with E-state index in [9.17, 15) is 4.79 Å². The Hall–Kier alpha value is -2.83. The molecule has 1 aromatic heterocycles. The molecular formula is C14H16N4O3. The molecule has 2 aromatic rings. The summed E-state index contributed by atoms with van der Waals surface area (Å²) in [4.78, 5) is 19.9. The first-order valence-electron chi connectivity index (χ1n) is 6.22. The average Bonchev–Trinajstić information content (AvgIpc) is 2.46. The molecule has 0 unspecified atom stereocenters. The van der Waals surface area contributed by atoms with Crippen LogP contribution in [0.25, 0.3) is 0 Å². The van der Waals surface area contributed by atoms with E-state index in [1.165, 1.54) is 20.3 Å². The van der Waals surface area contributed by atoms with Crippen molar-refractivity contribution >= 4 is 17.7 Å². The van der Waals surface area contributed by atoms with Crippen LogP contribution in [0.5, 0.6) is 11.8 Å². The minimum atomic E-state index is -0.448. The monoisotopic (exact) mass is 288 g/mol. The van der Waals surface area contributed by atoms with E-state index in [0.717, 1.165) is 5.56 Å². The highest BCUT2D eigenvalue weighted by Gasteiger charge is 2.09. The van der Waals surface area contributed by atoms with Gasteiger partial charge in [-0.05, 0) is 24.6 Å². The van der Waals surface area contributed by atoms with E-state index < -0.39 is 6.03 Å². The topological polar surface area (TPSA) is 85.4 Å². The fraction of sp³-hybridized carbons (Fsp3) is 0.214. The van der Waals surface area contributed by atoms with Crippen molar-refractivity contribution in [2.75, 3.05) is 24.9 Å². The third kappa shape index (κ3) is 4.07. The van der Waals surface area contributed by atoms with E-state index in [4.69, 9.17) is 9.47 Å². The molecule has 0 aliphatic heterocycles. The van der Waals surface area contributed by atoms with Crippen LogP contribution in [0.4, 0.5) is 16.4 Å². The van der Waals surface area contributed by atoms with Crippen LogP contribution in [0.2, 0.25) is 0 Å². The normalized spacial score (nSPS) is 9.86. The first kappa shape index (κ1) is 14.6. The third-order valence-corrected chi connectivity index (χ3v) is 2.60. The lowest BCUT2D eigenvalue weighted by molar-refractivity contribution is 0.262. The maximum atomic E-state index is 11.9. The number of carbonyl (C=O) groups is 1. The molecule has 110 valence electrons. The van der Waals surface area contributed by atoms with Crippen molar-refractivity contribution in [2.24, 2.45) is 0 Å². The highest BCUT2D eigenvalue weighted by Crippen LogP contribution is 2.17. The van der Waals surface area contributed by atoms with Gasteiger partial charge in [-0.15, -0.1) is 0 Å². The zero-order valence-corrected chi connectivity index (χ0v) is 12.0. The number of hydrogen-bond acceptors (Lipinski definition) is 5. The average molecular weight is 288 g/mol. The zero-order chi connectivity index (χ0) is 15.2. The lowest BCUT2D eigenvalue weighted by Crippen LogP contribution is -2.21. The number of nitrogens with one attached hydrogen (secondary N) is 2. The van der Waals surface area contributed by atoms with E-state index in [2.05, 4.69) is 20.6 Å². The van der Waals surface area contributed by atoms with Crippen LogP contribution in [0.15, 0.2) is 30.3 Å². The van der Waals surface area contributed by atoms with Crippen molar-refractivity contribution in [3.63, 3.8) is 0 Å². The molecule has 21 heavy (non-hydrogen) atoms. The summed E-state index contributed by atoms with van der Waals surface area (Å²) < 4.78 is 10.0. The minimum Gasteiger partial charge on any atom is -0.481 e. The van der Waals surface area contributed by atoms with E-state index >= 15 is 0 Å². The molecule has 0 spiro atoms. The Labute approximate surface area is 122 Å². The second kappa shape index (κ2) is 6.56. The summed E-state index contributed by atoms with van der Waals surface area (Å²) in [6, 6.07) is 8.52. The van der Waals surface area contributed by atoms with Gasteiger partial charge in [-0.25, -0.2) is 4.79 Å². The Morgan fingerprint density at radius 2 is 1.71 bits per heavy atom. The van der Waals surface area contributed by atoms with Gasteiger partial charge in [0.2, 0.25) is 17.7 Å². The number of amides is 2. The lowest BCUT2D eigenvalue weighted by Gasteiger charge is -2.09. The van der Waals surface area contributed by atoms with Gasteiger partial charge in [0.25, 0.3) is 0 Å². The van der Waals surface area contributed by atoms with Gasteiger partial charge in [0.15, 0.2) is 0 Å². The van der Waals surface area contributed by atoms with Crippen LogP contribution in [-0.4, -0.2) is 30.2 Å². The Kier molecular flexibility index (Phi) is 4.55. The Balaban J connectivity index is 2.08. The standard InChI is InChI=1S/C14H16N4O3/c1-9-5-4-6-10(7-9)15-14(19)18-13-16-11(20-2)8-12(17-13)21-3/h4-8H,1-3H3,(H2,15,16,17,18,19). The summed E-state index contributed by atoms with van der Waals surface area (Å²) in [6.45, 7) is 1.94. The molecule has 0 atom stereocenters. The summed E-state index contributed by atoms with van der Waals surface area (Å²) in [7, 11) is 2.94. The molecular weight excluding hydrogens is 272 g/mol. The van der Waals surface area contributed by atoms with Gasteiger partial charge >= 0.3 is 6.03 Å². The molecule has 0 fully saturated rings. The summed E-state index contributed by atoms with van der Waals surface area (Å²) in [6.07, 6.45) is 0. The van der Waals surface area contributed by atoms with Crippen molar-refractivity contribution < 1.29 is 14.3 Å². The highest BCUT2D eigenvalue weighted by molar-refractivity contribution is 5.98. The molecule has 0 radical (unpaired) electrons. The van der Waals surface area contributed by atoms with Gasteiger partial charge in [0.05, 0.1) is 20.3 Å². The van der Waals surface area contributed by atoms with Gasteiger partial charge in [-0.3, -0.25) is 5.32 Å². The molecule has 2 rings (SSSR count). The molecule has 0 aliphatic rings. The minimum absolute atomic E-state index is 0.0938. The fourth-order valence-corrected chi connectivity index (χ4v) is 1.66. The summed E-state index contributed by atoms with van der Waals surface area (Å²) in [5, 5.41) is 5.22. The second-order valence-electron chi connectivity index (χ2n) is 4.22. The number of hydrogen-bond donors (Lipinski definition) is 2. The molecule has 0 bridgehead atoms. The van der Waals surface area contributed by atoms with Crippen molar-refractivity contribution in [2.45, 2.75) is 6.92 Å². The number of anilines is 2. The highest BCUT2D eigenvalue weighted by atomic mass is 16.5. The number of urea groups is 1. The molecule has 0 aliphatic carbocycles. The number of aryl methyl sites for hydroxylation is 1. The SMILES string of the molecule is COc1cc(OC)nc(NC(=O)Nc2cccc(C)c2)n1. The van der Waals surface area contributed by atoms with Crippen LogP contribution in [0, 0.1) is 6.92 Å². The zero-order valence-electron chi connectivity index (χ0n) is 12.0. The third-order valence-electron chi connectivity index (χ3n) is 2.60. The maximum Gasteiger partial charge on any atom is 0.326 e. The van der Waals surface area contributed by atoms with Gasteiger partial charge < -0.3 is 14.8 Å². The number of carbonyl (C=O) groups excluding carboxylic acids is 1. The lowest BCUT2D eigenvalue weighted by atomic mass is 10.2. The van der Waals surface area contributed by atoms with E-state index in [-0.39, 0.29) is 5.95 Å². The fourth-order valence-electron chi connectivity index (χ4n) is 1.66. The van der Waals surface area contributed by atoms with Gasteiger partial charge in [0, 0.05) is 5.69 Å². The van der Waals surface area contributed by atoms with E-state index in [1.807, 2.05) is 25.1 Å². The Bertz CT molecular complexity index is 624. The first-order chi connectivity index (χ1) is 10.1. The van der Waals surface area contributed by atoms with Gasteiger partial charge in [0.1, 0.15) is 0 Å². The molecule has 1 aromatic carbocycles. The predicted molar refractivity (Wildman–Crippen MR) is 79.0 cm³/mol. The van der Waals surface area contributed by atoms with Crippen molar-refractivity contribution in [3.05, 3.63) is 35.9 Å². The van der Waals surface area contributed by atoms with Crippen LogP contribution >= 0.6 is 0 Å². The van der Waals surface area contributed by atoms with Crippen LogP contribution in [-0.2, 0) is 0 Å². The number of nitrogens with zero attached hydrogens (tertiary/aromatic N) is 2. The van der Waals surface area contributed by atoms with Crippen LogP contribution < -0.4 is 20.1 Å². The van der Waals surface area contributed by atoms with Crippen LogP contribution in [0.3, 0.4) is 0 Å². The first-order valence-corrected chi connectivity index (χ1v) is 6.22. The van der Waals surface area contributed by atoms with E-state index in [0.29, 0.717) is 17.4 Å². The molecule has 0 saturated heterocycles. The van der Waals surface area contributed by atoms with E-state index in [1.54, 1.807) is 6.07 Å². The Morgan fingerprint density at radius 3 is 2.29 bits per heavy atom. The number of benzene rings is 1. The number of ether oxygens (including phenoxy) is 2. The number of aromatic nitrogens is 2. The second-order valence-corrected chi connectivity index (χ2v) is 4.22. The van der Waals surface area contributed by atoms with Crippen molar-refractivity contribution in [1.82, 2.24) is 9.97 Å². The number of rotatable bonds is 4. The summed E-state index contributed by atoms with van der Waals surface area (Å²) >= 11 is 0. The molecule has 7 heteroatoms. The van der Waals surface area contributed by atoms with Gasteiger partial charge in [-0.1, -0.05) is 12.1 Å². The largest absolute Gasteiger partial charge is 0.481 e. The van der Waals surface area contributed by atoms with Crippen molar-refractivity contribution in [1.29, 1.82) is 0 Å². The quantitative estimate of drug-likeness (QED) is 0.902. The predicted octanol–water partition coefficient (Wildman–Crippen LogP) is 2.45. The smallest absolute Gasteiger partial charge is 0.326 e. The summed E-state index contributed by atoms with van der Waals surface area (Å²) in [5.74, 6) is 0.691. The molecule has 7 nitrogen and oxygen atoms in total.